The normalized spacial score (nSPS) is 26.6. The monoisotopic (exact) mass is 517 g/mol. The summed E-state index contributed by atoms with van der Waals surface area (Å²) in [6.45, 7) is 9.24. The molecule has 0 aromatic carbocycles. The summed E-state index contributed by atoms with van der Waals surface area (Å²) in [7, 11) is 0. The van der Waals surface area contributed by atoms with Crippen molar-refractivity contribution in [3.63, 3.8) is 0 Å². The number of nitrogens with one attached hydrogen (secondary N) is 2. The van der Waals surface area contributed by atoms with E-state index in [4.69, 9.17) is 5.73 Å². The maximum absolute atomic E-state index is 13.5. The second kappa shape index (κ2) is 9.22. The van der Waals surface area contributed by atoms with E-state index in [-0.39, 0.29) is 23.8 Å². The molecule has 0 aromatic heterocycles. The van der Waals surface area contributed by atoms with Crippen molar-refractivity contribution in [1.82, 2.24) is 20.4 Å². The van der Waals surface area contributed by atoms with Gasteiger partial charge in [-0.1, -0.05) is 34.6 Å². The molecule has 1 aliphatic carbocycles. The van der Waals surface area contributed by atoms with E-state index in [2.05, 4.69) is 5.32 Å². The van der Waals surface area contributed by atoms with Gasteiger partial charge in [-0.05, 0) is 35.5 Å². The number of amides is 5. The fourth-order valence-electron chi connectivity index (χ4n) is 5.44. The number of hydrogen-bond donors (Lipinski definition) is 3. The number of piperidine rings is 1. The van der Waals surface area contributed by atoms with E-state index in [1.54, 1.807) is 5.32 Å². The van der Waals surface area contributed by atoms with Crippen molar-refractivity contribution in [1.29, 1.82) is 0 Å². The molecule has 2 saturated heterocycles. The van der Waals surface area contributed by atoms with Gasteiger partial charge in [-0.15, -0.1) is 0 Å². The maximum Gasteiger partial charge on any atom is 0.471 e. The molecule has 0 aromatic rings. The first-order valence-corrected chi connectivity index (χ1v) is 12.0. The number of fused-ring (bicyclic) bond motifs is 1. The molecule has 2 aliphatic heterocycles. The zero-order valence-corrected chi connectivity index (χ0v) is 21.1. The molecule has 0 spiro atoms. The Balaban J connectivity index is 1.86. The van der Waals surface area contributed by atoms with Crippen LogP contribution in [0.3, 0.4) is 0 Å². The fourth-order valence-corrected chi connectivity index (χ4v) is 5.44. The number of nitrogens with two attached hydrogens (primary N) is 1. The lowest BCUT2D eigenvalue weighted by atomic mass is 9.85. The largest absolute Gasteiger partial charge is 0.471 e. The summed E-state index contributed by atoms with van der Waals surface area (Å²) in [5, 5.41) is 4.17. The van der Waals surface area contributed by atoms with Crippen molar-refractivity contribution in [2.75, 3.05) is 19.6 Å². The molecule has 36 heavy (non-hydrogen) atoms. The first-order chi connectivity index (χ1) is 16.4. The Hall–Kier alpha value is -2.86. The summed E-state index contributed by atoms with van der Waals surface area (Å²) in [5.74, 6) is -6.02. The lowest BCUT2D eigenvalue weighted by Gasteiger charge is -2.38. The topological polar surface area (TPSA) is 142 Å². The molecule has 0 bridgehead atoms. The number of rotatable bonds is 6. The molecule has 10 nitrogen and oxygen atoms in total. The Morgan fingerprint density at radius 3 is 2.00 bits per heavy atom. The third kappa shape index (κ3) is 5.15. The molecule has 2 heterocycles. The Morgan fingerprint density at radius 2 is 1.53 bits per heavy atom. The number of nitrogens with zero attached hydrogens (tertiary/aromatic N) is 2. The summed E-state index contributed by atoms with van der Waals surface area (Å²) >= 11 is 0. The number of halogens is 3. The van der Waals surface area contributed by atoms with Gasteiger partial charge in [0.1, 0.15) is 12.1 Å². The highest BCUT2D eigenvalue weighted by molar-refractivity contribution is 6.07. The lowest BCUT2D eigenvalue weighted by molar-refractivity contribution is -0.176. The zero-order chi connectivity index (χ0) is 27.4. The standard InChI is InChI=1S/C23H34F3N5O5/c1-21(2,3)15(29-20(36)23(24,25)26)19(35)31-10-11-12(22(11,4)5)14(31)17(33)28-13(16(27)32)18(34)30-8-6-7-9-30/h11-15H,6-10H2,1-5H3,(H2,27,32)(H,28,33)(H,29,36)/t11-,12-,13?,14-,15+/m0/s1. The number of carbonyl (C=O) groups is 5. The Kier molecular flexibility index (Phi) is 7.10. The molecule has 3 aliphatic rings. The van der Waals surface area contributed by atoms with Gasteiger partial charge in [-0.3, -0.25) is 24.0 Å². The molecule has 3 rings (SSSR count). The summed E-state index contributed by atoms with van der Waals surface area (Å²) in [4.78, 5) is 66.1. The van der Waals surface area contributed by atoms with Crippen LogP contribution in [-0.2, 0) is 24.0 Å². The third-order valence-electron chi connectivity index (χ3n) is 7.64. The number of hydrogen-bond acceptors (Lipinski definition) is 5. The third-order valence-corrected chi connectivity index (χ3v) is 7.64. The smallest absolute Gasteiger partial charge is 0.367 e. The van der Waals surface area contributed by atoms with Crippen LogP contribution in [0.4, 0.5) is 13.2 Å². The molecule has 1 unspecified atom stereocenters. The van der Waals surface area contributed by atoms with E-state index < -0.39 is 59.3 Å². The van der Waals surface area contributed by atoms with Gasteiger partial charge >= 0.3 is 12.1 Å². The minimum absolute atomic E-state index is 0.0877. The Morgan fingerprint density at radius 1 is 0.972 bits per heavy atom. The van der Waals surface area contributed by atoms with E-state index >= 15 is 0 Å². The van der Waals surface area contributed by atoms with Gasteiger partial charge in [0.15, 0.2) is 6.04 Å². The van der Waals surface area contributed by atoms with Crippen molar-refractivity contribution in [3.8, 4) is 0 Å². The van der Waals surface area contributed by atoms with Crippen LogP contribution < -0.4 is 16.4 Å². The molecule has 3 fully saturated rings. The molecule has 1 saturated carbocycles. The molecular weight excluding hydrogens is 483 g/mol. The van der Waals surface area contributed by atoms with Crippen molar-refractivity contribution in [2.45, 2.75) is 71.8 Å². The van der Waals surface area contributed by atoms with Gasteiger partial charge in [0.2, 0.25) is 17.7 Å². The highest BCUT2D eigenvalue weighted by atomic mass is 19.4. The van der Waals surface area contributed by atoms with Gasteiger partial charge in [0, 0.05) is 19.6 Å². The van der Waals surface area contributed by atoms with Crippen LogP contribution in [0.15, 0.2) is 0 Å². The quantitative estimate of drug-likeness (QED) is 0.430. The number of carbonyl (C=O) groups excluding carboxylic acids is 5. The molecule has 4 N–H and O–H groups in total. The van der Waals surface area contributed by atoms with Crippen molar-refractivity contribution < 1.29 is 37.1 Å². The SMILES string of the molecule is CC(C)(C)[C@H](NC(=O)C(F)(F)F)C(=O)N1C[C@H]2[C@@H]([C@H]1C(=O)NC(C(N)=O)C(=O)N1CCCC1)C2(C)C. The minimum atomic E-state index is -5.19. The van der Waals surface area contributed by atoms with Crippen LogP contribution in [0.2, 0.25) is 0 Å². The van der Waals surface area contributed by atoms with Gasteiger partial charge < -0.3 is 26.2 Å². The minimum Gasteiger partial charge on any atom is -0.367 e. The summed E-state index contributed by atoms with van der Waals surface area (Å²) in [6.07, 6.45) is -3.68. The second-order valence-electron chi connectivity index (χ2n) is 11.5. The molecule has 0 radical (unpaired) electrons. The van der Waals surface area contributed by atoms with Crippen LogP contribution in [0.25, 0.3) is 0 Å². The zero-order valence-electron chi connectivity index (χ0n) is 21.1. The summed E-state index contributed by atoms with van der Waals surface area (Å²) in [5.41, 5.74) is 3.96. The summed E-state index contributed by atoms with van der Waals surface area (Å²) in [6, 6.07) is -4.34. The van der Waals surface area contributed by atoms with E-state index in [0.717, 1.165) is 17.7 Å². The van der Waals surface area contributed by atoms with E-state index in [1.165, 1.54) is 25.7 Å². The molecular formula is C23H34F3N5O5. The van der Waals surface area contributed by atoms with Crippen LogP contribution in [-0.4, -0.2) is 83.3 Å². The van der Waals surface area contributed by atoms with E-state index in [9.17, 15) is 37.1 Å². The van der Waals surface area contributed by atoms with E-state index in [1.807, 2.05) is 13.8 Å². The van der Waals surface area contributed by atoms with Crippen LogP contribution in [0.5, 0.6) is 0 Å². The Bertz CT molecular complexity index is 955. The molecule has 5 atom stereocenters. The molecule has 13 heteroatoms. The highest BCUT2D eigenvalue weighted by Crippen LogP contribution is 2.65. The molecule has 202 valence electrons. The van der Waals surface area contributed by atoms with Gasteiger partial charge in [-0.2, -0.15) is 13.2 Å². The van der Waals surface area contributed by atoms with Gasteiger partial charge in [0.05, 0.1) is 0 Å². The van der Waals surface area contributed by atoms with Gasteiger partial charge in [-0.25, -0.2) is 0 Å². The predicted molar refractivity (Wildman–Crippen MR) is 121 cm³/mol. The first-order valence-electron chi connectivity index (χ1n) is 12.0. The predicted octanol–water partition coefficient (Wildman–Crippen LogP) is 0.155. The number of likely N-dealkylation sites (tertiary alicyclic amines) is 2. The molecule has 5 amide bonds. The fraction of sp³-hybridized carbons (Fsp3) is 0.783. The van der Waals surface area contributed by atoms with Gasteiger partial charge in [0.25, 0.3) is 5.91 Å². The second-order valence-corrected chi connectivity index (χ2v) is 11.5. The van der Waals surface area contributed by atoms with Crippen LogP contribution >= 0.6 is 0 Å². The first kappa shape index (κ1) is 27.7. The van der Waals surface area contributed by atoms with Crippen molar-refractivity contribution in [3.05, 3.63) is 0 Å². The van der Waals surface area contributed by atoms with Crippen molar-refractivity contribution >= 4 is 29.5 Å². The summed E-state index contributed by atoms with van der Waals surface area (Å²) < 4.78 is 38.9. The Labute approximate surface area is 207 Å². The maximum atomic E-state index is 13.5. The van der Waals surface area contributed by atoms with Crippen LogP contribution in [0.1, 0.15) is 47.5 Å². The van der Waals surface area contributed by atoms with Crippen LogP contribution in [0, 0.1) is 22.7 Å². The number of primary amides is 1. The number of alkyl halides is 3. The average molecular weight is 518 g/mol. The van der Waals surface area contributed by atoms with Crippen molar-refractivity contribution in [2.24, 2.45) is 28.4 Å². The highest BCUT2D eigenvalue weighted by Gasteiger charge is 2.70. The lowest BCUT2D eigenvalue weighted by Crippen LogP contribution is -2.62. The average Bonchev–Trinajstić information content (AvgIpc) is 3.21. The van der Waals surface area contributed by atoms with E-state index in [0.29, 0.717) is 13.1 Å².